The first-order valence-electron chi connectivity index (χ1n) is 10.4. The smallest absolute Gasteiger partial charge is 0.0782 e. The normalized spacial score (nSPS) is 12.0. The van der Waals surface area contributed by atoms with Gasteiger partial charge in [-0.05, 0) is 19.3 Å². The predicted molar refractivity (Wildman–Crippen MR) is 102 cm³/mol. The summed E-state index contributed by atoms with van der Waals surface area (Å²) < 4.78 is 1.22. The van der Waals surface area contributed by atoms with Crippen LogP contribution in [-0.4, -0.2) is 31.7 Å². The van der Waals surface area contributed by atoms with E-state index >= 15 is 0 Å². The van der Waals surface area contributed by atoms with E-state index in [9.17, 15) is 0 Å². The second kappa shape index (κ2) is 15.8. The van der Waals surface area contributed by atoms with Gasteiger partial charge in [-0.2, -0.15) is 0 Å². The number of hydrogen-bond donors (Lipinski definition) is 0. The van der Waals surface area contributed by atoms with Gasteiger partial charge in [-0.3, -0.25) is 0 Å². The van der Waals surface area contributed by atoms with Crippen molar-refractivity contribution in [3.05, 3.63) is 0 Å². The van der Waals surface area contributed by atoms with Crippen molar-refractivity contribution in [3.8, 4) is 0 Å². The second-order valence-electron chi connectivity index (χ2n) is 7.98. The van der Waals surface area contributed by atoms with E-state index in [2.05, 4.69) is 27.9 Å². The van der Waals surface area contributed by atoms with Crippen LogP contribution in [-0.2, 0) is 0 Å². The predicted octanol–water partition coefficient (Wildman–Crippen LogP) is 6.95. The van der Waals surface area contributed by atoms with Crippen molar-refractivity contribution < 1.29 is 4.48 Å². The summed E-state index contributed by atoms with van der Waals surface area (Å²) in [7, 11) is 4.76. The highest BCUT2D eigenvalue weighted by molar-refractivity contribution is 4.49. The molecular formula is C21H46N+. The average molecular weight is 313 g/mol. The molecule has 0 saturated heterocycles. The Labute approximate surface area is 142 Å². The standard InChI is InChI=1S/C21H46N/c1-5-7-8-9-10-11-12-13-14-15-16-17-18-19-21-22(3,4)20-6-2/h5-21H2,1-4H3/q+1. The minimum Gasteiger partial charge on any atom is -0.328 e. The van der Waals surface area contributed by atoms with E-state index < -0.39 is 0 Å². The van der Waals surface area contributed by atoms with Crippen molar-refractivity contribution in [1.29, 1.82) is 0 Å². The van der Waals surface area contributed by atoms with Gasteiger partial charge in [-0.25, -0.2) is 0 Å². The summed E-state index contributed by atoms with van der Waals surface area (Å²) in [5.41, 5.74) is 0. The molecule has 0 saturated carbocycles. The van der Waals surface area contributed by atoms with Gasteiger partial charge >= 0.3 is 0 Å². The third-order valence-electron chi connectivity index (χ3n) is 4.95. The Morgan fingerprint density at radius 3 is 1.14 bits per heavy atom. The van der Waals surface area contributed by atoms with Crippen LogP contribution in [0.25, 0.3) is 0 Å². The summed E-state index contributed by atoms with van der Waals surface area (Å²) >= 11 is 0. The summed E-state index contributed by atoms with van der Waals surface area (Å²) in [5, 5.41) is 0. The molecule has 0 amide bonds. The first-order chi connectivity index (χ1) is 10.6. The van der Waals surface area contributed by atoms with E-state index in [-0.39, 0.29) is 0 Å². The monoisotopic (exact) mass is 312 g/mol. The van der Waals surface area contributed by atoms with Crippen LogP contribution in [0.15, 0.2) is 0 Å². The van der Waals surface area contributed by atoms with E-state index in [4.69, 9.17) is 0 Å². The molecule has 0 aromatic carbocycles. The lowest BCUT2D eigenvalue weighted by Gasteiger charge is -2.29. The molecular weight excluding hydrogens is 266 g/mol. The molecule has 0 rings (SSSR count). The molecule has 0 aliphatic carbocycles. The van der Waals surface area contributed by atoms with E-state index in [1.807, 2.05) is 0 Å². The Morgan fingerprint density at radius 2 is 0.773 bits per heavy atom. The average Bonchev–Trinajstić information content (AvgIpc) is 2.47. The highest BCUT2D eigenvalue weighted by Gasteiger charge is 2.11. The zero-order valence-electron chi connectivity index (χ0n) is 16.5. The maximum atomic E-state index is 2.38. The van der Waals surface area contributed by atoms with Gasteiger partial charge in [0.2, 0.25) is 0 Å². The molecule has 0 atom stereocenters. The van der Waals surface area contributed by atoms with Gasteiger partial charge in [0.1, 0.15) is 0 Å². The van der Waals surface area contributed by atoms with Gasteiger partial charge in [0.15, 0.2) is 0 Å². The fraction of sp³-hybridized carbons (Fsp3) is 1.00. The molecule has 0 spiro atoms. The molecule has 0 fully saturated rings. The quantitative estimate of drug-likeness (QED) is 0.201. The van der Waals surface area contributed by atoms with Crippen LogP contribution in [0.5, 0.6) is 0 Å². The number of nitrogens with zero attached hydrogens (tertiary/aromatic N) is 1. The van der Waals surface area contributed by atoms with Crippen molar-refractivity contribution in [2.45, 2.75) is 110 Å². The molecule has 0 aliphatic rings. The lowest BCUT2D eigenvalue weighted by atomic mass is 10.0. The molecule has 0 unspecified atom stereocenters. The molecule has 0 bridgehead atoms. The van der Waals surface area contributed by atoms with E-state index in [0.717, 1.165) is 0 Å². The molecule has 0 aromatic rings. The summed E-state index contributed by atoms with van der Waals surface area (Å²) in [6.45, 7) is 7.29. The largest absolute Gasteiger partial charge is 0.328 e. The van der Waals surface area contributed by atoms with Crippen molar-refractivity contribution in [2.24, 2.45) is 0 Å². The minimum atomic E-state index is 1.22. The van der Waals surface area contributed by atoms with Gasteiger partial charge in [0.25, 0.3) is 0 Å². The SMILES string of the molecule is CCCCCCCCCCCCCCCC[N+](C)(C)CCC. The van der Waals surface area contributed by atoms with Crippen LogP contribution in [0.4, 0.5) is 0 Å². The van der Waals surface area contributed by atoms with Gasteiger partial charge in [0.05, 0.1) is 27.2 Å². The summed E-state index contributed by atoms with van der Waals surface area (Å²) in [4.78, 5) is 0. The van der Waals surface area contributed by atoms with Crippen LogP contribution in [0.2, 0.25) is 0 Å². The van der Waals surface area contributed by atoms with Gasteiger partial charge in [-0.15, -0.1) is 0 Å². The van der Waals surface area contributed by atoms with E-state index in [1.165, 1.54) is 114 Å². The lowest BCUT2D eigenvalue weighted by molar-refractivity contribution is -0.890. The van der Waals surface area contributed by atoms with Crippen molar-refractivity contribution in [3.63, 3.8) is 0 Å². The molecule has 0 N–H and O–H groups in total. The third kappa shape index (κ3) is 16.3. The Bertz CT molecular complexity index is 210. The van der Waals surface area contributed by atoms with Crippen molar-refractivity contribution >= 4 is 0 Å². The maximum Gasteiger partial charge on any atom is 0.0782 e. The number of rotatable bonds is 17. The first-order valence-corrected chi connectivity index (χ1v) is 10.4. The Kier molecular flexibility index (Phi) is 15.8. The zero-order valence-corrected chi connectivity index (χ0v) is 16.5. The fourth-order valence-corrected chi connectivity index (χ4v) is 3.45. The van der Waals surface area contributed by atoms with E-state index in [1.54, 1.807) is 0 Å². The third-order valence-corrected chi connectivity index (χ3v) is 4.95. The molecule has 0 heterocycles. The molecule has 134 valence electrons. The molecule has 0 radical (unpaired) electrons. The molecule has 1 nitrogen and oxygen atoms in total. The van der Waals surface area contributed by atoms with Gasteiger partial charge in [-0.1, -0.05) is 90.9 Å². The van der Waals surface area contributed by atoms with Gasteiger partial charge in [0, 0.05) is 0 Å². The summed E-state index contributed by atoms with van der Waals surface area (Å²) in [5.74, 6) is 0. The first kappa shape index (κ1) is 22.0. The second-order valence-corrected chi connectivity index (χ2v) is 7.98. The highest BCUT2D eigenvalue weighted by Crippen LogP contribution is 2.13. The van der Waals surface area contributed by atoms with Crippen molar-refractivity contribution in [1.82, 2.24) is 0 Å². The lowest BCUT2D eigenvalue weighted by Crippen LogP contribution is -2.40. The molecule has 1 heteroatoms. The molecule has 22 heavy (non-hydrogen) atoms. The Morgan fingerprint density at radius 1 is 0.409 bits per heavy atom. The van der Waals surface area contributed by atoms with Crippen LogP contribution < -0.4 is 0 Å². The van der Waals surface area contributed by atoms with Crippen LogP contribution >= 0.6 is 0 Å². The highest BCUT2D eigenvalue weighted by atomic mass is 15.3. The zero-order chi connectivity index (χ0) is 16.5. The summed E-state index contributed by atoms with van der Waals surface area (Å²) in [6.07, 6.45) is 21.7. The number of unbranched alkanes of at least 4 members (excludes halogenated alkanes) is 13. The van der Waals surface area contributed by atoms with Crippen LogP contribution in [0.1, 0.15) is 110 Å². The number of hydrogen-bond acceptors (Lipinski definition) is 0. The maximum absolute atomic E-state index is 2.38. The Hall–Kier alpha value is -0.0400. The topological polar surface area (TPSA) is 0 Å². The summed E-state index contributed by atoms with van der Waals surface area (Å²) in [6, 6.07) is 0. The van der Waals surface area contributed by atoms with Crippen molar-refractivity contribution in [2.75, 3.05) is 27.2 Å². The molecule has 0 aliphatic heterocycles. The molecule has 0 aromatic heterocycles. The van der Waals surface area contributed by atoms with Crippen LogP contribution in [0.3, 0.4) is 0 Å². The van der Waals surface area contributed by atoms with E-state index in [0.29, 0.717) is 0 Å². The van der Waals surface area contributed by atoms with Gasteiger partial charge < -0.3 is 4.48 Å². The number of quaternary nitrogens is 1. The van der Waals surface area contributed by atoms with Crippen LogP contribution in [0, 0.1) is 0 Å². The Balaban J connectivity index is 3.11. The minimum absolute atomic E-state index is 1.22. The fourth-order valence-electron chi connectivity index (χ4n) is 3.45.